The monoisotopic (exact) mass is 360 g/mol. The standard InChI is InChI=1S/C16H17BrN4O/c1-2-21-10-13(17)15(20-21)16(22)18-8-7-11-9-19-14-6-4-3-5-12(11)14/h3-6,9-10,19H,2,7-8H2,1H3,(H,18,22). The van der Waals surface area contributed by atoms with E-state index in [4.69, 9.17) is 0 Å². The van der Waals surface area contributed by atoms with Gasteiger partial charge in [-0.05, 0) is 40.9 Å². The first-order valence-electron chi connectivity index (χ1n) is 7.25. The van der Waals surface area contributed by atoms with Crippen molar-refractivity contribution in [3.05, 3.63) is 52.4 Å². The van der Waals surface area contributed by atoms with Crippen LogP contribution in [0.2, 0.25) is 0 Å². The number of carbonyl (C=O) groups excluding carboxylic acids is 1. The van der Waals surface area contributed by atoms with Crippen LogP contribution in [0, 0.1) is 0 Å². The van der Waals surface area contributed by atoms with Gasteiger partial charge < -0.3 is 10.3 Å². The highest BCUT2D eigenvalue weighted by Crippen LogP contribution is 2.18. The minimum absolute atomic E-state index is 0.154. The van der Waals surface area contributed by atoms with E-state index in [1.165, 1.54) is 10.9 Å². The van der Waals surface area contributed by atoms with Gasteiger partial charge in [-0.15, -0.1) is 0 Å². The first kappa shape index (κ1) is 14.8. The third-order valence-corrected chi connectivity index (χ3v) is 4.19. The number of amides is 1. The van der Waals surface area contributed by atoms with E-state index in [1.54, 1.807) is 4.68 Å². The number of nitrogens with one attached hydrogen (secondary N) is 2. The summed E-state index contributed by atoms with van der Waals surface area (Å²) < 4.78 is 2.46. The number of nitrogens with zero attached hydrogens (tertiary/aromatic N) is 2. The fraction of sp³-hybridized carbons (Fsp3) is 0.250. The molecule has 2 aromatic heterocycles. The van der Waals surface area contributed by atoms with Crippen LogP contribution < -0.4 is 5.32 Å². The molecule has 3 rings (SSSR count). The van der Waals surface area contributed by atoms with Gasteiger partial charge in [-0.25, -0.2) is 0 Å². The van der Waals surface area contributed by atoms with Crippen molar-refractivity contribution >= 4 is 32.7 Å². The molecule has 0 aliphatic rings. The van der Waals surface area contributed by atoms with Gasteiger partial charge in [-0.3, -0.25) is 9.48 Å². The summed E-state index contributed by atoms with van der Waals surface area (Å²) in [4.78, 5) is 15.4. The van der Waals surface area contributed by atoms with Gasteiger partial charge in [0.2, 0.25) is 0 Å². The minimum Gasteiger partial charge on any atom is -0.361 e. The van der Waals surface area contributed by atoms with Gasteiger partial charge in [0, 0.05) is 36.4 Å². The molecule has 1 aromatic carbocycles. The topological polar surface area (TPSA) is 62.7 Å². The molecule has 22 heavy (non-hydrogen) atoms. The summed E-state index contributed by atoms with van der Waals surface area (Å²) in [6.07, 6.45) is 4.59. The normalized spacial score (nSPS) is 11.0. The highest BCUT2D eigenvalue weighted by Gasteiger charge is 2.14. The Bertz CT molecular complexity index is 805. The Balaban J connectivity index is 1.63. The van der Waals surface area contributed by atoms with E-state index >= 15 is 0 Å². The first-order valence-corrected chi connectivity index (χ1v) is 8.04. The summed E-state index contributed by atoms with van der Waals surface area (Å²) in [6, 6.07) is 8.16. The Morgan fingerprint density at radius 1 is 1.41 bits per heavy atom. The predicted octanol–water partition coefficient (Wildman–Crippen LogP) is 3.12. The van der Waals surface area contributed by atoms with Gasteiger partial charge in [0.15, 0.2) is 5.69 Å². The number of hydrogen-bond acceptors (Lipinski definition) is 2. The Kier molecular flexibility index (Phi) is 4.29. The van der Waals surface area contributed by atoms with E-state index in [9.17, 15) is 4.79 Å². The number of H-pyrrole nitrogens is 1. The van der Waals surface area contributed by atoms with E-state index in [0.29, 0.717) is 12.2 Å². The van der Waals surface area contributed by atoms with Crippen LogP contribution in [0.4, 0.5) is 0 Å². The summed E-state index contributed by atoms with van der Waals surface area (Å²) in [6.45, 7) is 3.30. The maximum Gasteiger partial charge on any atom is 0.272 e. The summed E-state index contributed by atoms with van der Waals surface area (Å²) in [7, 11) is 0. The number of aryl methyl sites for hydroxylation is 1. The molecule has 0 aliphatic carbocycles. The molecule has 0 unspecified atom stereocenters. The lowest BCUT2D eigenvalue weighted by molar-refractivity contribution is 0.0947. The Labute approximate surface area is 136 Å². The molecule has 0 saturated heterocycles. The van der Waals surface area contributed by atoms with Crippen molar-refractivity contribution in [1.82, 2.24) is 20.1 Å². The van der Waals surface area contributed by atoms with Crippen LogP contribution in [0.15, 0.2) is 41.1 Å². The van der Waals surface area contributed by atoms with Crippen LogP contribution in [-0.2, 0) is 13.0 Å². The van der Waals surface area contributed by atoms with Gasteiger partial charge >= 0.3 is 0 Å². The lowest BCUT2D eigenvalue weighted by atomic mass is 10.1. The molecule has 0 fully saturated rings. The Hall–Kier alpha value is -2.08. The number of para-hydroxylation sites is 1. The average molecular weight is 361 g/mol. The van der Waals surface area contributed by atoms with Crippen molar-refractivity contribution in [2.45, 2.75) is 19.9 Å². The number of hydrogen-bond donors (Lipinski definition) is 2. The van der Waals surface area contributed by atoms with Crippen molar-refractivity contribution in [3.63, 3.8) is 0 Å². The van der Waals surface area contributed by atoms with Gasteiger partial charge in [-0.2, -0.15) is 5.10 Å². The SMILES string of the molecule is CCn1cc(Br)c(C(=O)NCCc2c[nH]c3ccccc23)n1. The molecule has 0 radical (unpaired) electrons. The smallest absolute Gasteiger partial charge is 0.272 e. The fourth-order valence-corrected chi connectivity index (χ4v) is 2.94. The second kappa shape index (κ2) is 6.36. The molecule has 6 heteroatoms. The zero-order valence-corrected chi connectivity index (χ0v) is 13.9. The van der Waals surface area contributed by atoms with Crippen LogP contribution in [0.3, 0.4) is 0 Å². The molecule has 2 N–H and O–H groups in total. The Morgan fingerprint density at radius 2 is 2.23 bits per heavy atom. The van der Waals surface area contributed by atoms with Crippen molar-refractivity contribution < 1.29 is 4.79 Å². The maximum atomic E-state index is 12.2. The van der Waals surface area contributed by atoms with Gasteiger partial charge in [0.25, 0.3) is 5.91 Å². The van der Waals surface area contributed by atoms with Crippen molar-refractivity contribution in [1.29, 1.82) is 0 Å². The number of carbonyl (C=O) groups is 1. The highest BCUT2D eigenvalue weighted by atomic mass is 79.9. The predicted molar refractivity (Wildman–Crippen MR) is 89.9 cm³/mol. The summed E-state index contributed by atoms with van der Waals surface area (Å²) >= 11 is 3.37. The summed E-state index contributed by atoms with van der Waals surface area (Å²) in [5.41, 5.74) is 2.75. The van der Waals surface area contributed by atoms with E-state index in [-0.39, 0.29) is 5.91 Å². The van der Waals surface area contributed by atoms with Crippen LogP contribution in [0.1, 0.15) is 23.0 Å². The largest absolute Gasteiger partial charge is 0.361 e. The number of aromatic nitrogens is 3. The zero-order chi connectivity index (χ0) is 15.5. The molecular weight excluding hydrogens is 344 g/mol. The Morgan fingerprint density at radius 3 is 3.00 bits per heavy atom. The van der Waals surface area contributed by atoms with E-state index in [0.717, 1.165) is 23.0 Å². The molecule has 0 aliphatic heterocycles. The summed E-state index contributed by atoms with van der Waals surface area (Å²) in [5.74, 6) is -0.154. The van der Waals surface area contributed by atoms with Crippen LogP contribution in [0.5, 0.6) is 0 Å². The van der Waals surface area contributed by atoms with Crippen LogP contribution in [0.25, 0.3) is 10.9 Å². The minimum atomic E-state index is -0.154. The van der Waals surface area contributed by atoms with E-state index < -0.39 is 0 Å². The highest BCUT2D eigenvalue weighted by molar-refractivity contribution is 9.10. The van der Waals surface area contributed by atoms with Crippen molar-refractivity contribution in [3.8, 4) is 0 Å². The number of fused-ring (bicyclic) bond motifs is 1. The number of rotatable bonds is 5. The molecule has 1 amide bonds. The lowest BCUT2D eigenvalue weighted by Gasteiger charge is -2.03. The summed E-state index contributed by atoms with van der Waals surface area (Å²) in [5, 5.41) is 8.37. The molecule has 0 atom stereocenters. The molecule has 0 bridgehead atoms. The number of halogens is 1. The zero-order valence-electron chi connectivity index (χ0n) is 12.3. The molecule has 114 valence electrons. The van der Waals surface area contributed by atoms with E-state index in [2.05, 4.69) is 37.4 Å². The van der Waals surface area contributed by atoms with E-state index in [1.807, 2.05) is 37.5 Å². The maximum absolute atomic E-state index is 12.2. The molecule has 0 saturated carbocycles. The molecule has 3 aromatic rings. The third-order valence-electron chi connectivity index (χ3n) is 3.61. The van der Waals surface area contributed by atoms with Crippen molar-refractivity contribution in [2.24, 2.45) is 0 Å². The van der Waals surface area contributed by atoms with Gasteiger partial charge in [0.1, 0.15) is 0 Å². The number of aromatic amines is 1. The average Bonchev–Trinajstić information content (AvgIpc) is 3.11. The lowest BCUT2D eigenvalue weighted by Crippen LogP contribution is -2.26. The molecular formula is C16H17BrN4O. The first-order chi connectivity index (χ1) is 10.7. The van der Waals surface area contributed by atoms with Crippen LogP contribution >= 0.6 is 15.9 Å². The molecule has 0 spiro atoms. The molecule has 5 nitrogen and oxygen atoms in total. The second-order valence-corrected chi connectivity index (χ2v) is 5.90. The molecule has 2 heterocycles. The third kappa shape index (κ3) is 2.92. The number of benzene rings is 1. The van der Waals surface area contributed by atoms with Gasteiger partial charge in [-0.1, -0.05) is 18.2 Å². The fourth-order valence-electron chi connectivity index (χ4n) is 2.45. The van der Waals surface area contributed by atoms with Crippen LogP contribution in [-0.4, -0.2) is 27.2 Å². The van der Waals surface area contributed by atoms with Gasteiger partial charge in [0.05, 0.1) is 4.47 Å². The second-order valence-electron chi connectivity index (χ2n) is 5.05. The quantitative estimate of drug-likeness (QED) is 0.734. The van der Waals surface area contributed by atoms with Crippen molar-refractivity contribution in [2.75, 3.05) is 6.54 Å².